The maximum Gasteiger partial charge on any atom is 0.257 e. The monoisotopic (exact) mass is 461 g/mol. The summed E-state index contributed by atoms with van der Waals surface area (Å²) in [4.78, 5) is 17.1. The predicted molar refractivity (Wildman–Crippen MR) is 124 cm³/mol. The van der Waals surface area contributed by atoms with E-state index in [-0.39, 0.29) is 5.91 Å². The highest BCUT2D eigenvalue weighted by Gasteiger charge is 2.12. The molecule has 1 amide bonds. The zero-order valence-electron chi connectivity index (χ0n) is 16.4. The molecule has 0 aliphatic rings. The summed E-state index contributed by atoms with van der Waals surface area (Å²) in [5.41, 5.74) is 3.16. The van der Waals surface area contributed by atoms with Crippen LogP contribution in [0.2, 0.25) is 0 Å². The standard InChI is InChI=1S/C24H20BrN3O2/c1-30-20-9-7-17-13-19(8-6-18(17)14-20)28-24(29)21-4-2-3-5-22(21)27-15-16-10-11-26-23(25)12-16/h2-14,27H,15H2,1H3,(H,28,29). The molecule has 6 heteroatoms. The quantitative estimate of drug-likeness (QED) is 0.352. The number of nitrogens with one attached hydrogen (secondary N) is 2. The summed E-state index contributed by atoms with van der Waals surface area (Å²) in [6.07, 6.45) is 1.75. The number of carbonyl (C=O) groups excluding carboxylic acids is 1. The fraction of sp³-hybridized carbons (Fsp3) is 0.0833. The summed E-state index contributed by atoms with van der Waals surface area (Å²) in [6.45, 7) is 0.587. The number of carbonyl (C=O) groups is 1. The van der Waals surface area contributed by atoms with Crippen LogP contribution in [0.5, 0.6) is 5.75 Å². The van der Waals surface area contributed by atoms with E-state index in [1.165, 1.54) is 0 Å². The molecule has 150 valence electrons. The van der Waals surface area contributed by atoms with Gasteiger partial charge in [-0.05, 0) is 80.8 Å². The summed E-state index contributed by atoms with van der Waals surface area (Å²) in [5, 5.41) is 8.43. The van der Waals surface area contributed by atoms with Gasteiger partial charge in [-0.15, -0.1) is 0 Å². The largest absolute Gasteiger partial charge is 0.497 e. The number of amides is 1. The van der Waals surface area contributed by atoms with Crippen LogP contribution in [0.1, 0.15) is 15.9 Å². The molecule has 30 heavy (non-hydrogen) atoms. The van der Waals surface area contributed by atoms with Gasteiger partial charge in [-0.2, -0.15) is 0 Å². The van der Waals surface area contributed by atoms with Gasteiger partial charge in [0, 0.05) is 24.1 Å². The van der Waals surface area contributed by atoms with Gasteiger partial charge in [-0.25, -0.2) is 4.98 Å². The highest BCUT2D eigenvalue weighted by atomic mass is 79.9. The highest BCUT2D eigenvalue weighted by molar-refractivity contribution is 9.10. The fourth-order valence-corrected chi connectivity index (χ4v) is 3.62. The van der Waals surface area contributed by atoms with E-state index >= 15 is 0 Å². The van der Waals surface area contributed by atoms with Crippen LogP contribution < -0.4 is 15.4 Å². The number of benzene rings is 3. The first-order valence-corrected chi connectivity index (χ1v) is 10.2. The number of rotatable bonds is 6. The normalized spacial score (nSPS) is 10.6. The van der Waals surface area contributed by atoms with Gasteiger partial charge in [0.15, 0.2) is 0 Å². The van der Waals surface area contributed by atoms with Crippen molar-refractivity contribution in [2.75, 3.05) is 17.7 Å². The highest BCUT2D eigenvalue weighted by Crippen LogP contribution is 2.25. The first-order valence-electron chi connectivity index (χ1n) is 9.45. The Morgan fingerprint density at radius 2 is 1.80 bits per heavy atom. The van der Waals surface area contributed by atoms with E-state index in [2.05, 4.69) is 31.5 Å². The molecule has 0 bridgehead atoms. The summed E-state index contributed by atoms with van der Waals surface area (Å²) in [7, 11) is 1.65. The Balaban J connectivity index is 1.51. The molecule has 5 nitrogen and oxygen atoms in total. The molecule has 1 aromatic heterocycles. The van der Waals surface area contributed by atoms with Gasteiger partial charge in [0.1, 0.15) is 10.4 Å². The van der Waals surface area contributed by atoms with E-state index < -0.39 is 0 Å². The molecule has 4 rings (SSSR count). The zero-order chi connectivity index (χ0) is 20.9. The third kappa shape index (κ3) is 4.60. The van der Waals surface area contributed by atoms with Crippen LogP contribution in [0.15, 0.2) is 83.6 Å². The van der Waals surface area contributed by atoms with Crippen molar-refractivity contribution in [1.82, 2.24) is 4.98 Å². The number of methoxy groups -OCH3 is 1. The van der Waals surface area contributed by atoms with Gasteiger partial charge >= 0.3 is 0 Å². The molecule has 0 aliphatic heterocycles. The molecule has 3 aromatic carbocycles. The Morgan fingerprint density at radius 3 is 2.63 bits per heavy atom. The number of pyridine rings is 1. The molecule has 1 heterocycles. The third-order valence-electron chi connectivity index (χ3n) is 4.75. The maximum atomic E-state index is 12.9. The van der Waals surface area contributed by atoms with Crippen LogP contribution in [-0.4, -0.2) is 18.0 Å². The van der Waals surface area contributed by atoms with Crippen LogP contribution >= 0.6 is 15.9 Å². The maximum absolute atomic E-state index is 12.9. The lowest BCUT2D eigenvalue weighted by Crippen LogP contribution is -2.14. The summed E-state index contributed by atoms with van der Waals surface area (Å²) >= 11 is 3.38. The lowest BCUT2D eigenvalue weighted by molar-refractivity contribution is 0.102. The van der Waals surface area contributed by atoms with Crippen molar-refractivity contribution in [2.45, 2.75) is 6.54 Å². The second-order valence-electron chi connectivity index (χ2n) is 6.77. The topological polar surface area (TPSA) is 63.2 Å². The molecule has 0 atom stereocenters. The SMILES string of the molecule is COc1ccc2cc(NC(=O)c3ccccc3NCc3ccnc(Br)c3)ccc2c1. The molecule has 0 aliphatic carbocycles. The number of hydrogen-bond donors (Lipinski definition) is 2. The Morgan fingerprint density at radius 1 is 1.00 bits per heavy atom. The van der Waals surface area contributed by atoms with E-state index in [1.807, 2.05) is 72.8 Å². The lowest BCUT2D eigenvalue weighted by atomic mass is 10.1. The van der Waals surface area contributed by atoms with E-state index in [1.54, 1.807) is 13.3 Å². The van der Waals surface area contributed by atoms with Crippen molar-refractivity contribution < 1.29 is 9.53 Å². The van der Waals surface area contributed by atoms with E-state index in [4.69, 9.17) is 4.74 Å². The molecule has 0 saturated heterocycles. The Hall–Kier alpha value is -3.38. The second-order valence-corrected chi connectivity index (χ2v) is 7.58. The summed E-state index contributed by atoms with van der Waals surface area (Å²) in [5.74, 6) is 0.641. The minimum Gasteiger partial charge on any atom is -0.497 e. The van der Waals surface area contributed by atoms with Crippen molar-refractivity contribution in [2.24, 2.45) is 0 Å². The van der Waals surface area contributed by atoms with Crippen molar-refractivity contribution in [1.29, 1.82) is 0 Å². The molecule has 4 aromatic rings. The zero-order valence-corrected chi connectivity index (χ0v) is 17.9. The molecule has 0 unspecified atom stereocenters. The van der Waals surface area contributed by atoms with Crippen molar-refractivity contribution in [3.8, 4) is 5.75 Å². The van der Waals surface area contributed by atoms with Crippen LogP contribution in [-0.2, 0) is 6.54 Å². The van der Waals surface area contributed by atoms with Crippen molar-refractivity contribution in [3.63, 3.8) is 0 Å². The van der Waals surface area contributed by atoms with Gasteiger partial charge in [0.2, 0.25) is 0 Å². The predicted octanol–water partition coefficient (Wildman–Crippen LogP) is 5.87. The molecular formula is C24H20BrN3O2. The van der Waals surface area contributed by atoms with Gasteiger partial charge in [-0.3, -0.25) is 4.79 Å². The molecule has 0 radical (unpaired) electrons. The third-order valence-corrected chi connectivity index (χ3v) is 5.18. The second kappa shape index (κ2) is 8.97. The number of halogens is 1. The number of fused-ring (bicyclic) bond motifs is 1. The van der Waals surface area contributed by atoms with E-state index in [9.17, 15) is 4.79 Å². The Labute approximate surface area is 183 Å². The van der Waals surface area contributed by atoms with Crippen molar-refractivity contribution in [3.05, 3.63) is 94.7 Å². The number of aromatic nitrogens is 1. The van der Waals surface area contributed by atoms with Gasteiger partial charge in [0.05, 0.1) is 12.7 Å². The smallest absolute Gasteiger partial charge is 0.257 e. The fourth-order valence-electron chi connectivity index (χ4n) is 3.21. The number of nitrogens with zero attached hydrogens (tertiary/aromatic N) is 1. The van der Waals surface area contributed by atoms with Crippen LogP contribution in [0.4, 0.5) is 11.4 Å². The summed E-state index contributed by atoms with van der Waals surface area (Å²) < 4.78 is 6.05. The first kappa shape index (κ1) is 19.9. The molecule has 0 fully saturated rings. The minimum absolute atomic E-state index is 0.165. The number of ether oxygens (including phenoxy) is 1. The first-order chi connectivity index (χ1) is 14.6. The Kier molecular flexibility index (Phi) is 5.95. The minimum atomic E-state index is -0.165. The number of anilines is 2. The summed E-state index contributed by atoms with van der Waals surface area (Å²) in [6, 6.07) is 23.0. The molecular weight excluding hydrogens is 442 g/mol. The van der Waals surface area contributed by atoms with E-state index in [0.717, 1.165) is 38.1 Å². The van der Waals surface area contributed by atoms with Gasteiger partial charge < -0.3 is 15.4 Å². The average molecular weight is 462 g/mol. The Bertz CT molecular complexity index is 1210. The molecule has 0 spiro atoms. The van der Waals surface area contributed by atoms with Gasteiger partial charge in [0.25, 0.3) is 5.91 Å². The van der Waals surface area contributed by atoms with E-state index in [0.29, 0.717) is 12.1 Å². The van der Waals surface area contributed by atoms with Crippen LogP contribution in [0.3, 0.4) is 0 Å². The van der Waals surface area contributed by atoms with Gasteiger partial charge in [-0.1, -0.05) is 24.3 Å². The average Bonchev–Trinajstić information content (AvgIpc) is 2.77. The number of hydrogen-bond acceptors (Lipinski definition) is 4. The molecule has 2 N–H and O–H groups in total. The molecule has 0 saturated carbocycles. The van der Waals surface area contributed by atoms with Crippen molar-refractivity contribution >= 4 is 44.0 Å². The van der Waals surface area contributed by atoms with Crippen LogP contribution in [0, 0.1) is 0 Å². The lowest BCUT2D eigenvalue weighted by Gasteiger charge is -2.13. The van der Waals surface area contributed by atoms with Crippen LogP contribution in [0.25, 0.3) is 10.8 Å². The number of para-hydroxylation sites is 1.